The van der Waals surface area contributed by atoms with Gasteiger partial charge >= 0.3 is 5.97 Å². The van der Waals surface area contributed by atoms with Crippen molar-refractivity contribution in [3.8, 4) is 6.07 Å². The average Bonchev–Trinajstić information content (AvgIpc) is 2.65. The highest BCUT2D eigenvalue weighted by molar-refractivity contribution is 5.89. The van der Waals surface area contributed by atoms with E-state index in [2.05, 4.69) is 5.32 Å². The van der Waals surface area contributed by atoms with Gasteiger partial charge in [-0.2, -0.15) is 5.26 Å². The van der Waals surface area contributed by atoms with E-state index in [1.807, 2.05) is 6.07 Å². The van der Waals surface area contributed by atoms with Gasteiger partial charge in [0.2, 0.25) is 0 Å². The maximum Gasteiger partial charge on any atom is 0.331 e. The van der Waals surface area contributed by atoms with Crippen LogP contribution in [-0.4, -0.2) is 18.5 Å². The zero-order chi connectivity index (χ0) is 19.8. The molecule has 5 nitrogen and oxygen atoms in total. The van der Waals surface area contributed by atoms with Crippen LogP contribution in [0.1, 0.15) is 29.7 Å². The van der Waals surface area contributed by atoms with E-state index in [1.165, 1.54) is 19.1 Å². The van der Waals surface area contributed by atoms with Gasteiger partial charge < -0.3 is 10.1 Å². The van der Waals surface area contributed by atoms with Gasteiger partial charge in [0.1, 0.15) is 11.6 Å². The van der Waals surface area contributed by atoms with Gasteiger partial charge in [0.25, 0.3) is 5.91 Å². The van der Waals surface area contributed by atoms with E-state index in [4.69, 9.17) is 10.00 Å². The SMILES string of the molecule is C[C@H](NC(=O)COC(=O)/C=C/c1ccc(C#N)cc1)c1ccc(F)cc1F. The Hall–Kier alpha value is -3.53. The molecule has 0 aliphatic carbocycles. The molecule has 138 valence electrons. The Labute approximate surface area is 154 Å². The number of carbonyl (C=O) groups excluding carboxylic acids is 2. The van der Waals surface area contributed by atoms with Crippen LogP contribution in [0.3, 0.4) is 0 Å². The van der Waals surface area contributed by atoms with E-state index >= 15 is 0 Å². The molecule has 2 aromatic carbocycles. The first-order valence-electron chi connectivity index (χ1n) is 7.98. The van der Waals surface area contributed by atoms with E-state index in [9.17, 15) is 18.4 Å². The lowest BCUT2D eigenvalue weighted by molar-refractivity contribution is -0.144. The van der Waals surface area contributed by atoms with Crippen molar-refractivity contribution in [1.29, 1.82) is 5.26 Å². The quantitative estimate of drug-likeness (QED) is 0.625. The summed E-state index contributed by atoms with van der Waals surface area (Å²) in [6.45, 7) is 0.991. The lowest BCUT2D eigenvalue weighted by atomic mass is 10.1. The van der Waals surface area contributed by atoms with Crippen molar-refractivity contribution >= 4 is 18.0 Å². The van der Waals surface area contributed by atoms with Gasteiger partial charge in [0, 0.05) is 17.7 Å². The van der Waals surface area contributed by atoms with Crippen LogP contribution < -0.4 is 5.32 Å². The maximum absolute atomic E-state index is 13.7. The number of benzene rings is 2. The second-order valence-electron chi connectivity index (χ2n) is 5.63. The van der Waals surface area contributed by atoms with Crippen LogP contribution in [0.25, 0.3) is 6.08 Å². The maximum atomic E-state index is 13.7. The molecule has 1 amide bonds. The number of nitrogens with one attached hydrogen (secondary N) is 1. The van der Waals surface area contributed by atoms with Crippen LogP contribution in [-0.2, 0) is 14.3 Å². The summed E-state index contributed by atoms with van der Waals surface area (Å²) >= 11 is 0. The van der Waals surface area contributed by atoms with Crippen molar-refractivity contribution in [2.45, 2.75) is 13.0 Å². The zero-order valence-corrected chi connectivity index (χ0v) is 14.4. The monoisotopic (exact) mass is 370 g/mol. The summed E-state index contributed by atoms with van der Waals surface area (Å²) in [5.74, 6) is -2.83. The Morgan fingerprint density at radius 2 is 1.93 bits per heavy atom. The number of ether oxygens (including phenoxy) is 1. The third-order valence-corrected chi connectivity index (χ3v) is 3.60. The smallest absolute Gasteiger partial charge is 0.331 e. The fourth-order valence-electron chi connectivity index (χ4n) is 2.23. The Bertz CT molecular complexity index is 902. The van der Waals surface area contributed by atoms with Crippen LogP contribution in [0.2, 0.25) is 0 Å². The van der Waals surface area contributed by atoms with E-state index in [0.717, 1.165) is 18.2 Å². The molecule has 0 unspecified atom stereocenters. The molecule has 0 saturated heterocycles. The first kappa shape index (κ1) is 19.8. The van der Waals surface area contributed by atoms with Gasteiger partial charge in [-0.15, -0.1) is 0 Å². The molecule has 0 aromatic heterocycles. The minimum Gasteiger partial charge on any atom is -0.452 e. The highest BCUT2D eigenvalue weighted by Gasteiger charge is 2.15. The van der Waals surface area contributed by atoms with Crippen LogP contribution >= 0.6 is 0 Å². The summed E-state index contributed by atoms with van der Waals surface area (Å²) in [5.41, 5.74) is 1.31. The third-order valence-electron chi connectivity index (χ3n) is 3.60. The zero-order valence-electron chi connectivity index (χ0n) is 14.4. The second-order valence-corrected chi connectivity index (χ2v) is 5.63. The number of amides is 1. The molecule has 2 aromatic rings. The first-order valence-corrected chi connectivity index (χ1v) is 7.98. The number of hydrogen-bond donors (Lipinski definition) is 1. The molecule has 27 heavy (non-hydrogen) atoms. The van der Waals surface area contributed by atoms with Crippen LogP contribution in [0.4, 0.5) is 8.78 Å². The molecule has 7 heteroatoms. The summed E-state index contributed by atoms with van der Waals surface area (Å²) in [6, 6.07) is 10.9. The van der Waals surface area contributed by atoms with Gasteiger partial charge in [-0.05, 0) is 36.8 Å². The first-order chi connectivity index (χ1) is 12.9. The fourth-order valence-corrected chi connectivity index (χ4v) is 2.23. The third kappa shape index (κ3) is 6.04. The number of esters is 1. The molecular weight excluding hydrogens is 354 g/mol. The Morgan fingerprint density at radius 1 is 1.22 bits per heavy atom. The van der Waals surface area contributed by atoms with Crippen molar-refractivity contribution < 1.29 is 23.1 Å². The molecule has 1 N–H and O–H groups in total. The van der Waals surface area contributed by atoms with Crippen molar-refractivity contribution in [2.75, 3.05) is 6.61 Å². The summed E-state index contributed by atoms with van der Waals surface area (Å²) in [6.07, 6.45) is 2.63. The topological polar surface area (TPSA) is 79.2 Å². The van der Waals surface area contributed by atoms with E-state index < -0.39 is 36.2 Å². The molecule has 0 spiro atoms. The predicted molar refractivity (Wildman–Crippen MR) is 94.1 cm³/mol. The number of carbonyl (C=O) groups is 2. The van der Waals surface area contributed by atoms with Gasteiger partial charge in [-0.25, -0.2) is 13.6 Å². The van der Waals surface area contributed by atoms with Crippen molar-refractivity contribution in [3.63, 3.8) is 0 Å². The highest BCUT2D eigenvalue weighted by Crippen LogP contribution is 2.17. The van der Waals surface area contributed by atoms with E-state index in [-0.39, 0.29) is 5.56 Å². The number of nitrogens with zero attached hydrogens (tertiary/aromatic N) is 1. The van der Waals surface area contributed by atoms with Gasteiger partial charge in [-0.3, -0.25) is 4.79 Å². The fraction of sp³-hybridized carbons (Fsp3) is 0.150. The molecule has 1 atom stereocenters. The Balaban J connectivity index is 1.82. The molecule has 2 rings (SSSR count). The highest BCUT2D eigenvalue weighted by atomic mass is 19.1. The van der Waals surface area contributed by atoms with Gasteiger partial charge in [-0.1, -0.05) is 18.2 Å². The number of halogens is 2. The Kier molecular flexibility index (Phi) is 6.78. The van der Waals surface area contributed by atoms with Gasteiger partial charge in [0.05, 0.1) is 17.7 Å². The normalized spacial score (nSPS) is 11.6. The minimum absolute atomic E-state index is 0.122. The number of nitriles is 1. The summed E-state index contributed by atoms with van der Waals surface area (Å²) in [5, 5.41) is 11.2. The lowest BCUT2D eigenvalue weighted by Crippen LogP contribution is -2.31. The average molecular weight is 370 g/mol. The van der Waals surface area contributed by atoms with Gasteiger partial charge in [0.15, 0.2) is 6.61 Å². The molecule has 0 fully saturated rings. The van der Waals surface area contributed by atoms with Crippen LogP contribution in [0, 0.1) is 23.0 Å². The molecular formula is C20H16F2N2O3. The largest absolute Gasteiger partial charge is 0.452 e. The number of rotatable bonds is 6. The van der Waals surface area contributed by atoms with Crippen molar-refractivity contribution in [3.05, 3.63) is 76.9 Å². The predicted octanol–water partition coefficient (Wildman–Crippen LogP) is 3.27. The Morgan fingerprint density at radius 3 is 2.56 bits per heavy atom. The van der Waals surface area contributed by atoms with E-state index in [0.29, 0.717) is 11.1 Å². The molecule has 0 saturated carbocycles. The van der Waals surface area contributed by atoms with Crippen molar-refractivity contribution in [2.24, 2.45) is 0 Å². The summed E-state index contributed by atoms with van der Waals surface area (Å²) < 4.78 is 31.4. The molecule has 0 aliphatic heterocycles. The minimum atomic E-state index is -0.773. The number of hydrogen-bond acceptors (Lipinski definition) is 4. The standard InChI is InChI=1S/C20H16F2N2O3/c1-13(17-8-7-16(21)10-18(17)22)24-19(25)12-27-20(26)9-6-14-2-4-15(11-23)5-3-14/h2-10,13H,12H2,1H3,(H,24,25)/b9-6+/t13-/m0/s1. The van der Waals surface area contributed by atoms with Crippen molar-refractivity contribution in [1.82, 2.24) is 5.32 Å². The lowest BCUT2D eigenvalue weighted by Gasteiger charge is -2.15. The summed E-state index contributed by atoms with van der Waals surface area (Å²) in [4.78, 5) is 23.5. The molecule has 0 bridgehead atoms. The second kappa shape index (κ2) is 9.25. The molecule has 0 radical (unpaired) electrons. The molecule has 0 heterocycles. The molecule has 0 aliphatic rings. The van der Waals surface area contributed by atoms with Crippen LogP contribution in [0.15, 0.2) is 48.5 Å². The van der Waals surface area contributed by atoms with Crippen LogP contribution in [0.5, 0.6) is 0 Å². The summed E-state index contributed by atoms with van der Waals surface area (Å²) in [7, 11) is 0. The van der Waals surface area contributed by atoms with E-state index in [1.54, 1.807) is 24.3 Å².